The molecule has 2 bridgehead atoms. The summed E-state index contributed by atoms with van der Waals surface area (Å²) in [6.07, 6.45) is -0.859. The van der Waals surface area contributed by atoms with Gasteiger partial charge < -0.3 is 31.1 Å². The van der Waals surface area contributed by atoms with E-state index >= 15 is 0 Å². The highest BCUT2D eigenvalue weighted by molar-refractivity contribution is 5.98. The number of hydrogen-bond donors (Lipinski definition) is 5. The van der Waals surface area contributed by atoms with Crippen LogP contribution in [-0.2, 0) is 38.6 Å². The van der Waals surface area contributed by atoms with Gasteiger partial charge in [0.2, 0.25) is 17.7 Å². The molecule has 0 fully saturated rings. The Morgan fingerprint density at radius 3 is 2.27 bits per heavy atom. The second-order valence-electron chi connectivity index (χ2n) is 15.5. The van der Waals surface area contributed by atoms with Crippen LogP contribution in [0.4, 0.5) is 13.2 Å². The summed E-state index contributed by atoms with van der Waals surface area (Å²) in [7, 11) is 0. The first-order valence-electron chi connectivity index (χ1n) is 19.8. The van der Waals surface area contributed by atoms with Crippen molar-refractivity contribution in [3.05, 3.63) is 108 Å². The summed E-state index contributed by atoms with van der Waals surface area (Å²) in [4.78, 5) is 73.6. The van der Waals surface area contributed by atoms with Crippen LogP contribution in [0.3, 0.4) is 0 Å². The molecular formula is C42H49F3N10O7. The van der Waals surface area contributed by atoms with Crippen LogP contribution in [0.1, 0.15) is 73.4 Å². The number of aromatic nitrogens is 6. The first kappa shape index (κ1) is 46.2. The van der Waals surface area contributed by atoms with E-state index in [1.54, 1.807) is 43.6 Å². The molecule has 2 aliphatic heterocycles. The number of carboxylic acids is 1. The van der Waals surface area contributed by atoms with Crippen molar-refractivity contribution in [2.24, 2.45) is 11.8 Å². The molecule has 5 aromatic rings. The lowest BCUT2D eigenvalue weighted by molar-refractivity contribution is -0.192. The number of carbonyl (C=O) groups is 5. The van der Waals surface area contributed by atoms with Crippen LogP contribution in [0.25, 0.3) is 5.65 Å². The minimum absolute atomic E-state index is 0.0856. The number of aryl methyl sites for hydroxylation is 1. The van der Waals surface area contributed by atoms with Crippen LogP contribution in [0.5, 0.6) is 5.75 Å². The van der Waals surface area contributed by atoms with Crippen molar-refractivity contribution in [1.29, 1.82) is 0 Å². The number of halogens is 3. The number of rotatable bonds is 7. The number of fused-ring (bicyclic) bond motifs is 15. The number of aliphatic carboxylic acids is 1. The number of ether oxygens (including phenoxy) is 1. The van der Waals surface area contributed by atoms with Crippen LogP contribution < -0.4 is 26.0 Å². The van der Waals surface area contributed by atoms with Gasteiger partial charge in [-0.1, -0.05) is 70.2 Å². The summed E-state index contributed by atoms with van der Waals surface area (Å²) in [5.74, 6) is -3.06. The van der Waals surface area contributed by atoms with Crippen LogP contribution in [-0.4, -0.2) is 95.0 Å². The molecule has 5 N–H and O–H groups in total. The molecule has 3 aromatic heterocycles. The molecular weight excluding hydrogens is 814 g/mol. The summed E-state index contributed by atoms with van der Waals surface area (Å²) in [5, 5.41) is 28.0. The highest BCUT2D eigenvalue weighted by Gasteiger charge is 2.38. The maximum Gasteiger partial charge on any atom is 0.490 e. The molecule has 20 heteroatoms. The predicted molar refractivity (Wildman–Crippen MR) is 218 cm³/mol. The third-order valence-corrected chi connectivity index (χ3v) is 9.53. The van der Waals surface area contributed by atoms with Gasteiger partial charge in [0.25, 0.3) is 5.91 Å². The van der Waals surface area contributed by atoms with E-state index in [-0.39, 0.29) is 55.5 Å². The number of nitrogens with zero attached hydrogens (tertiary/aromatic N) is 6. The van der Waals surface area contributed by atoms with Crippen molar-refractivity contribution >= 4 is 35.2 Å². The molecule has 0 saturated heterocycles. The summed E-state index contributed by atoms with van der Waals surface area (Å²) < 4.78 is 40.9. The number of hydrogen-bond acceptors (Lipinski definition) is 10. The number of benzene rings is 2. The van der Waals surface area contributed by atoms with Crippen molar-refractivity contribution in [2.75, 3.05) is 6.61 Å². The normalized spacial score (nSPS) is 19.0. The molecule has 7 rings (SSSR count). The van der Waals surface area contributed by atoms with E-state index in [1.165, 1.54) is 9.20 Å². The molecule has 0 saturated carbocycles. The zero-order valence-electron chi connectivity index (χ0n) is 34.7. The fourth-order valence-electron chi connectivity index (χ4n) is 6.62. The summed E-state index contributed by atoms with van der Waals surface area (Å²) in [6, 6.07) is 16.7. The van der Waals surface area contributed by atoms with Crippen LogP contribution in [0, 0.1) is 18.8 Å². The minimum atomic E-state index is -5.08. The van der Waals surface area contributed by atoms with Crippen molar-refractivity contribution in [1.82, 2.24) is 50.6 Å². The van der Waals surface area contributed by atoms with E-state index in [9.17, 15) is 32.3 Å². The van der Waals surface area contributed by atoms with Crippen LogP contribution in [0.2, 0.25) is 0 Å². The second-order valence-corrected chi connectivity index (χ2v) is 15.5. The molecule has 330 valence electrons. The summed E-state index contributed by atoms with van der Waals surface area (Å²) in [6.45, 7) is 9.87. The molecule has 62 heavy (non-hydrogen) atoms. The lowest BCUT2D eigenvalue weighted by Gasteiger charge is -2.27. The van der Waals surface area contributed by atoms with Gasteiger partial charge in [-0.05, 0) is 54.5 Å². The van der Waals surface area contributed by atoms with E-state index in [2.05, 4.69) is 55.3 Å². The van der Waals surface area contributed by atoms with Gasteiger partial charge in [-0.15, -0.1) is 0 Å². The maximum absolute atomic E-state index is 14.3. The minimum Gasteiger partial charge on any atom is -0.491 e. The smallest absolute Gasteiger partial charge is 0.490 e. The Bertz CT molecular complexity index is 2300. The quantitative estimate of drug-likeness (QED) is 0.158. The predicted octanol–water partition coefficient (Wildman–Crippen LogP) is 3.77. The summed E-state index contributed by atoms with van der Waals surface area (Å²) in [5.41, 5.74) is 2.12. The van der Waals surface area contributed by atoms with Crippen molar-refractivity contribution in [3.63, 3.8) is 0 Å². The lowest BCUT2D eigenvalue weighted by atomic mass is 10.00. The molecule has 0 aliphatic carbocycles. The third-order valence-electron chi connectivity index (χ3n) is 9.53. The molecule has 4 amide bonds. The lowest BCUT2D eigenvalue weighted by Crippen LogP contribution is -2.55. The Morgan fingerprint density at radius 1 is 0.952 bits per heavy atom. The Kier molecular flexibility index (Phi) is 15.4. The molecule has 5 heterocycles. The van der Waals surface area contributed by atoms with E-state index < -0.39 is 48.0 Å². The fraction of sp³-hybridized carbons (Fsp3) is 0.405. The molecule has 4 atom stereocenters. The van der Waals surface area contributed by atoms with Crippen molar-refractivity contribution < 1.29 is 47.0 Å². The molecule has 0 spiro atoms. The van der Waals surface area contributed by atoms with E-state index in [0.29, 0.717) is 29.5 Å². The van der Waals surface area contributed by atoms with Gasteiger partial charge >= 0.3 is 12.1 Å². The van der Waals surface area contributed by atoms with Gasteiger partial charge in [-0.3, -0.25) is 19.2 Å². The highest BCUT2D eigenvalue weighted by atomic mass is 19.4. The Balaban J connectivity index is 0.000000955. The van der Waals surface area contributed by atoms with Crippen LogP contribution >= 0.6 is 0 Å². The van der Waals surface area contributed by atoms with Gasteiger partial charge in [0, 0.05) is 31.3 Å². The second kappa shape index (κ2) is 20.6. The zero-order valence-corrected chi connectivity index (χ0v) is 34.7. The third kappa shape index (κ3) is 13.1. The average molecular weight is 863 g/mol. The number of alkyl halides is 3. The van der Waals surface area contributed by atoms with Crippen LogP contribution in [0.15, 0.2) is 79.1 Å². The highest BCUT2D eigenvalue weighted by Crippen LogP contribution is 2.22. The monoisotopic (exact) mass is 862 g/mol. The fourth-order valence-corrected chi connectivity index (χ4v) is 6.62. The Hall–Kier alpha value is -6.86. The first-order chi connectivity index (χ1) is 29.4. The van der Waals surface area contributed by atoms with Gasteiger partial charge in [0.15, 0.2) is 17.2 Å². The largest absolute Gasteiger partial charge is 0.491 e. The molecule has 2 aromatic carbocycles. The molecule has 2 aliphatic rings. The van der Waals surface area contributed by atoms with Gasteiger partial charge in [0.05, 0.1) is 12.1 Å². The maximum atomic E-state index is 14.3. The Labute approximate surface area is 354 Å². The first-order valence-corrected chi connectivity index (χ1v) is 19.8. The van der Waals surface area contributed by atoms with Gasteiger partial charge in [0.1, 0.15) is 36.8 Å². The zero-order chi connectivity index (χ0) is 45.1. The SMILES string of the molecule is Cc1nc2n(n1)CC(=O)N[C@@H](CC(C)C)COc1ccc(cc1)C[C@H](NC(=O)c1cc3ncccn3n1)C(=O)N[C@@H](Cc1ccccc1)C(=O)N[C@H]2C(C)C.O=C(O)C(F)(F)F. The number of nitrogens with one attached hydrogen (secondary N) is 4. The van der Waals surface area contributed by atoms with Gasteiger partial charge in [-0.25, -0.2) is 24.0 Å². The Morgan fingerprint density at radius 2 is 1.65 bits per heavy atom. The van der Waals surface area contributed by atoms with Crippen molar-refractivity contribution in [3.8, 4) is 5.75 Å². The van der Waals surface area contributed by atoms with E-state index in [4.69, 9.17) is 14.6 Å². The number of amides is 4. The summed E-state index contributed by atoms with van der Waals surface area (Å²) >= 11 is 0. The molecule has 0 radical (unpaired) electrons. The van der Waals surface area contributed by atoms with E-state index in [0.717, 1.165) is 11.1 Å². The number of carbonyl (C=O) groups excluding carboxylic acids is 4. The molecule has 17 nitrogen and oxygen atoms in total. The van der Waals surface area contributed by atoms with E-state index in [1.807, 2.05) is 56.3 Å². The van der Waals surface area contributed by atoms with Gasteiger partial charge in [-0.2, -0.15) is 23.4 Å². The molecule has 0 unspecified atom stereocenters. The average Bonchev–Trinajstić information content (AvgIpc) is 3.81. The topological polar surface area (TPSA) is 224 Å². The van der Waals surface area contributed by atoms with Crippen molar-refractivity contribution in [2.45, 2.75) is 90.8 Å². The number of carboxylic acid groups (broad SMARTS) is 1. The standard InChI is InChI=1S/C40H48N10O5.C2HF3O2/c1-24(2)18-29-23-55-30-14-12-28(13-15-30)20-31(45-40(54)33-21-34-41-16-9-17-49(34)48-33)38(52)44-32(19-27-10-7-6-8-11-27)39(53)46-36(25(3)4)37-42-26(5)47-50(37)22-35(51)43-29;3-2(4,5)1(6)7/h6-17,21,24-25,29,31-32,36H,18-20,22-23H2,1-5H3,(H,43,51)(H,44,52)(H,45,54)(H,46,53);(H,6,7)/t29-,31-,32-,36-;/m0./s1.